The van der Waals surface area contributed by atoms with E-state index in [0.717, 1.165) is 11.1 Å². The lowest BCUT2D eigenvalue weighted by molar-refractivity contribution is 0.288. The summed E-state index contributed by atoms with van der Waals surface area (Å²) >= 11 is 1.36. The molecule has 3 aromatic heterocycles. The van der Waals surface area contributed by atoms with Crippen LogP contribution in [-0.2, 0) is 12.2 Å². The standard InChI is InChI=1S/C21H18N6OS/c22-9-16-19(18-6-5-14(12-26-18)4-2-8-28)17(10-23)21(27-20(16)24)29-13-15-3-1-7-25-11-15/h1,3,5-7,11-12,28H,2,4,8,13H2,(H2,24,27). The number of anilines is 1. The van der Waals surface area contributed by atoms with Crippen LogP contribution in [0.1, 0.15) is 28.7 Å². The fraction of sp³-hybridized carbons (Fsp3) is 0.190. The minimum Gasteiger partial charge on any atom is -0.396 e. The summed E-state index contributed by atoms with van der Waals surface area (Å²) in [6.45, 7) is 0.108. The molecule has 0 aromatic carbocycles. The number of aliphatic hydroxyl groups excluding tert-OH is 1. The van der Waals surface area contributed by atoms with Crippen molar-refractivity contribution in [2.75, 3.05) is 12.3 Å². The fourth-order valence-electron chi connectivity index (χ4n) is 2.80. The van der Waals surface area contributed by atoms with Gasteiger partial charge in [0, 0.05) is 36.5 Å². The van der Waals surface area contributed by atoms with E-state index in [9.17, 15) is 10.5 Å². The van der Waals surface area contributed by atoms with Gasteiger partial charge in [-0.15, -0.1) is 11.8 Å². The van der Waals surface area contributed by atoms with E-state index in [1.54, 1.807) is 24.7 Å². The zero-order valence-corrected chi connectivity index (χ0v) is 16.4. The van der Waals surface area contributed by atoms with Crippen LogP contribution in [0.4, 0.5) is 5.82 Å². The van der Waals surface area contributed by atoms with Gasteiger partial charge in [-0.25, -0.2) is 4.98 Å². The molecule has 0 aliphatic heterocycles. The zero-order valence-electron chi connectivity index (χ0n) is 15.5. The summed E-state index contributed by atoms with van der Waals surface area (Å²) < 4.78 is 0. The van der Waals surface area contributed by atoms with E-state index in [1.807, 2.05) is 18.2 Å². The topological polar surface area (TPSA) is 132 Å². The molecule has 3 N–H and O–H groups in total. The maximum Gasteiger partial charge on any atom is 0.143 e. The van der Waals surface area contributed by atoms with Gasteiger partial charge in [-0.2, -0.15) is 10.5 Å². The van der Waals surface area contributed by atoms with Crippen LogP contribution in [0, 0.1) is 22.7 Å². The molecule has 0 spiro atoms. The van der Waals surface area contributed by atoms with Crippen LogP contribution in [0.3, 0.4) is 0 Å². The number of aliphatic hydroxyl groups is 1. The number of thioether (sulfide) groups is 1. The molecule has 0 fully saturated rings. The highest BCUT2D eigenvalue weighted by Gasteiger charge is 2.21. The highest BCUT2D eigenvalue weighted by Crippen LogP contribution is 2.35. The highest BCUT2D eigenvalue weighted by atomic mass is 32.2. The third kappa shape index (κ3) is 4.69. The molecule has 0 saturated carbocycles. The monoisotopic (exact) mass is 402 g/mol. The van der Waals surface area contributed by atoms with Gasteiger partial charge in [0.05, 0.1) is 11.3 Å². The molecule has 0 atom stereocenters. The van der Waals surface area contributed by atoms with Gasteiger partial charge in [0.15, 0.2) is 0 Å². The van der Waals surface area contributed by atoms with E-state index in [2.05, 4.69) is 27.1 Å². The Morgan fingerprint density at radius 1 is 1.07 bits per heavy atom. The Morgan fingerprint density at radius 2 is 1.90 bits per heavy atom. The summed E-state index contributed by atoms with van der Waals surface area (Å²) in [6.07, 6.45) is 6.47. The predicted octanol–water partition coefficient (Wildman–Crippen LogP) is 3.08. The largest absolute Gasteiger partial charge is 0.396 e. The quantitative estimate of drug-likeness (QED) is 0.576. The Balaban J connectivity index is 2.02. The van der Waals surface area contributed by atoms with Crippen molar-refractivity contribution in [1.29, 1.82) is 10.5 Å². The van der Waals surface area contributed by atoms with Crippen molar-refractivity contribution >= 4 is 17.6 Å². The fourth-order valence-corrected chi connectivity index (χ4v) is 3.73. The van der Waals surface area contributed by atoms with Crippen LogP contribution in [0.5, 0.6) is 0 Å². The van der Waals surface area contributed by atoms with Crippen molar-refractivity contribution in [3.05, 3.63) is 65.1 Å². The normalized spacial score (nSPS) is 10.3. The molecule has 29 heavy (non-hydrogen) atoms. The van der Waals surface area contributed by atoms with Crippen molar-refractivity contribution in [1.82, 2.24) is 15.0 Å². The van der Waals surface area contributed by atoms with Crippen molar-refractivity contribution < 1.29 is 5.11 Å². The summed E-state index contributed by atoms with van der Waals surface area (Å²) in [7, 11) is 0. The Kier molecular flexibility index (Phi) is 6.75. The molecule has 3 heterocycles. The smallest absolute Gasteiger partial charge is 0.143 e. The van der Waals surface area contributed by atoms with E-state index in [-0.39, 0.29) is 23.6 Å². The average Bonchev–Trinajstić information content (AvgIpc) is 2.76. The van der Waals surface area contributed by atoms with Crippen molar-refractivity contribution in [2.45, 2.75) is 23.6 Å². The van der Waals surface area contributed by atoms with E-state index < -0.39 is 0 Å². The van der Waals surface area contributed by atoms with Gasteiger partial charge >= 0.3 is 0 Å². The van der Waals surface area contributed by atoms with Crippen molar-refractivity contribution in [3.8, 4) is 23.4 Å². The number of hydrogen-bond acceptors (Lipinski definition) is 8. The van der Waals surface area contributed by atoms with Gasteiger partial charge in [-0.1, -0.05) is 12.1 Å². The number of pyridine rings is 3. The van der Waals surface area contributed by atoms with Gasteiger partial charge in [-0.3, -0.25) is 9.97 Å². The van der Waals surface area contributed by atoms with Gasteiger partial charge in [-0.05, 0) is 36.1 Å². The number of aromatic nitrogens is 3. The summed E-state index contributed by atoms with van der Waals surface area (Å²) in [6, 6.07) is 11.6. The summed E-state index contributed by atoms with van der Waals surface area (Å²) in [4.78, 5) is 12.8. The minimum atomic E-state index is 0.0707. The lowest BCUT2D eigenvalue weighted by Crippen LogP contribution is -2.04. The number of hydrogen-bond donors (Lipinski definition) is 2. The van der Waals surface area contributed by atoms with Gasteiger partial charge in [0.2, 0.25) is 0 Å². The van der Waals surface area contributed by atoms with Crippen LogP contribution in [0.25, 0.3) is 11.3 Å². The van der Waals surface area contributed by atoms with Crippen molar-refractivity contribution in [3.63, 3.8) is 0 Å². The first-order valence-electron chi connectivity index (χ1n) is 8.89. The molecule has 0 bridgehead atoms. The summed E-state index contributed by atoms with van der Waals surface area (Å²) in [5, 5.41) is 28.8. The third-order valence-electron chi connectivity index (χ3n) is 4.22. The Labute approximate surface area is 172 Å². The van der Waals surface area contributed by atoms with Gasteiger partial charge < -0.3 is 10.8 Å². The Morgan fingerprint density at radius 3 is 2.52 bits per heavy atom. The first-order valence-corrected chi connectivity index (χ1v) is 9.88. The second-order valence-corrected chi connectivity index (χ2v) is 7.14. The second-order valence-electron chi connectivity index (χ2n) is 6.18. The molecule has 0 aliphatic carbocycles. The number of nitrogens with two attached hydrogens (primary N) is 1. The SMILES string of the molecule is N#Cc1c(N)nc(SCc2cccnc2)c(C#N)c1-c1ccc(CCCO)cn1. The van der Waals surface area contributed by atoms with Gasteiger partial charge in [0.25, 0.3) is 0 Å². The van der Waals surface area contributed by atoms with E-state index in [4.69, 9.17) is 10.8 Å². The molecule has 8 heteroatoms. The first kappa shape index (κ1) is 20.3. The molecular formula is C21H18N6OS. The molecule has 144 valence electrons. The van der Waals surface area contributed by atoms with Crippen LogP contribution in [0.15, 0.2) is 47.9 Å². The molecule has 7 nitrogen and oxygen atoms in total. The molecular weight excluding hydrogens is 384 g/mol. The zero-order chi connectivity index (χ0) is 20.6. The lowest BCUT2D eigenvalue weighted by Gasteiger charge is -2.12. The molecule has 0 amide bonds. The lowest BCUT2D eigenvalue weighted by atomic mass is 10.00. The highest BCUT2D eigenvalue weighted by molar-refractivity contribution is 7.98. The van der Waals surface area contributed by atoms with Crippen LogP contribution >= 0.6 is 11.8 Å². The van der Waals surface area contributed by atoms with Crippen LogP contribution in [-0.4, -0.2) is 26.7 Å². The molecule has 0 unspecified atom stereocenters. The van der Waals surface area contributed by atoms with Crippen LogP contribution in [0.2, 0.25) is 0 Å². The second kappa shape index (κ2) is 9.65. The third-order valence-corrected chi connectivity index (χ3v) is 5.26. The molecule has 3 rings (SSSR count). The minimum absolute atomic E-state index is 0.0707. The number of rotatable bonds is 7. The molecule has 0 saturated heterocycles. The Bertz CT molecular complexity index is 1070. The van der Waals surface area contributed by atoms with E-state index in [1.165, 1.54) is 11.8 Å². The number of nitrogens with zero attached hydrogens (tertiary/aromatic N) is 5. The maximum atomic E-state index is 9.82. The van der Waals surface area contributed by atoms with E-state index >= 15 is 0 Å². The summed E-state index contributed by atoms with van der Waals surface area (Å²) in [5.74, 6) is 0.634. The van der Waals surface area contributed by atoms with E-state index in [0.29, 0.717) is 34.9 Å². The number of aryl methyl sites for hydroxylation is 1. The summed E-state index contributed by atoms with van der Waals surface area (Å²) in [5.41, 5.74) is 9.29. The predicted molar refractivity (Wildman–Crippen MR) is 111 cm³/mol. The molecule has 0 radical (unpaired) electrons. The molecule has 0 aliphatic rings. The average molecular weight is 402 g/mol. The molecule has 3 aromatic rings. The Hall–Kier alpha value is -3.46. The number of nitrogen functional groups attached to an aromatic ring is 1. The number of nitriles is 2. The van der Waals surface area contributed by atoms with Crippen LogP contribution < -0.4 is 5.73 Å². The van der Waals surface area contributed by atoms with Crippen molar-refractivity contribution in [2.24, 2.45) is 0 Å². The van der Waals surface area contributed by atoms with Gasteiger partial charge in [0.1, 0.15) is 28.5 Å². The first-order chi connectivity index (χ1) is 14.2. The maximum absolute atomic E-state index is 9.82.